The highest BCUT2D eigenvalue weighted by atomic mass is 16.4. The number of rotatable bonds is 16. The summed E-state index contributed by atoms with van der Waals surface area (Å²) in [4.78, 5) is 22.9. The van der Waals surface area contributed by atoms with E-state index in [2.05, 4.69) is 13.5 Å². The zero-order valence-electron chi connectivity index (χ0n) is 18.0. The maximum atomic E-state index is 12.3. The van der Waals surface area contributed by atoms with Gasteiger partial charge in [-0.15, -0.1) is 6.58 Å². The number of aliphatic carboxylic acids is 1. The molecule has 1 rings (SSSR count). The van der Waals surface area contributed by atoms with Crippen LogP contribution in [0.5, 0.6) is 0 Å². The monoisotopic (exact) mass is 408 g/mol. The first-order chi connectivity index (χ1) is 13.8. The largest absolute Gasteiger partial charge is 0.481 e. The van der Waals surface area contributed by atoms with Gasteiger partial charge in [0.05, 0.1) is 11.7 Å². The lowest BCUT2D eigenvalue weighted by Crippen LogP contribution is -2.25. The topological polar surface area (TPSA) is 94.8 Å². The van der Waals surface area contributed by atoms with Crippen LogP contribution in [0.15, 0.2) is 24.8 Å². The fourth-order valence-corrected chi connectivity index (χ4v) is 4.17. The maximum Gasteiger partial charge on any atom is 0.303 e. The minimum Gasteiger partial charge on any atom is -0.481 e. The molecule has 0 saturated heterocycles. The van der Waals surface area contributed by atoms with Gasteiger partial charge in [-0.25, -0.2) is 0 Å². The van der Waals surface area contributed by atoms with Crippen molar-refractivity contribution in [3.05, 3.63) is 24.8 Å². The lowest BCUT2D eigenvalue weighted by Gasteiger charge is -2.23. The average molecular weight is 409 g/mol. The van der Waals surface area contributed by atoms with E-state index in [1.54, 1.807) is 6.08 Å². The Balaban J connectivity index is 2.49. The molecule has 0 radical (unpaired) electrons. The number of hydrogen-bond acceptors (Lipinski definition) is 4. The first kappa shape index (κ1) is 25.6. The number of Topliss-reactive ketones (excluding diaryl/α,β-unsaturated/α-hetero) is 1. The Labute approximate surface area is 175 Å². The highest BCUT2D eigenvalue weighted by Gasteiger charge is 2.39. The molecular formula is C24H40O5. The molecule has 29 heavy (non-hydrogen) atoms. The van der Waals surface area contributed by atoms with Gasteiger partial charge in [0.25, 0.3) is 0 Å². The van der Waals surface area contributed by atoms with E-state index in [1.165, 1.54) is 0 Å². The summed E-state index contributed by atoms with van der Waals surface area (Å²) in [6, 6.07) is 0. The third-order valence-electron chi connectivity index (χ3n) is 6.07. The predicted octanol–water partition coefficient (Wildman–Crippen LogP) is 4.81. The van der Waals surface area contributed by atoms with Crippen molar-refractivity contribution in [1.82, 2.24) is 0 Å². The van der Waals surface area contributed by atoms with Crippen LogP contribution in [0.1, 0.15) is 90.4 Å². The van der Waals surface area contributed by atoms with Crippen LogP contribution in [-0.4, -0.2) is 38.8 Å². The van der Waals surface area contributed by atoms with E-state index in [0.29, 0.717) is 19.3 Å². The summed E-state index contributed by atoms with van der Waals surface area (Å²) in [6.45, 7) is 5.93. The molecule has 1 aliphatic carbocycles. The van der Waals surface area contributed by atoms with Crippen molar-refractivity contribution in [2.45, 2.75) is 102 Å². The molecule has 4 atom stereocenters. The molecule has 0 spiro atoms. The smallest absolute Gasteiger partial charge is 0.303 e. The van der Waals surface area contributed by atoms with E-state index in [-0.39, 0.29) is 30.5 Å². The SMILES string of the molecule is C=CC(O)(CC=C[C@H]1C(=O)C[C@H](O)[C@@H]1CCCCCCC(=O)O)CCCCCC. The number of carboxylic acid groups (broad SMARTS) is 1. The van der Waals surface area contributed by atoms with Gasteiger partial charge in [0, 0.05) is 18.8 Å². The Morgan fingerprint density at radius 1 is 1.17 bits per heavy atom. The van der Waals surface area contributed by atoms with Crippen molar-refractivity contribution in [2.24, 2.45) is 11.8 Å². The van der Waals surface area contributed by atoms with Crippen LogP contribution < -0.4 is 0 Å². The summed E-state index contributed by atoms with van der Waals surface area (Å²) in [5.41, 5.74) is -0.940. The summed E-state index contributed by atoms with van der Waals surface area (Å²) in [7, 11) is 0. The van der Waals surface area contributed by atoms with E-state index in [9.17, 15) is 19.8 Å². The number of carbonyl (C=O) groups is 2. The van der Waals surface area contributed by atoms with Crippen LogP contribution in [0.25, 0.3) is 0 Å². The van der Waals surface area contributed by atoms with E-state index in [0.717, 1.165) is 51.4 Å². The second-order valence-corrected chi connectivity index (χ2v) is 8.52. The first-order valence-electron chi connectivity index (χ1n) is 11.3. The Morgan fingerprint density at radius 3 is 2.52 bits per heavy atom. The van der Waals surface area contributed by atoms with Crippen molar-refractivity contribution in [1.29, 1.82) is 0 Å². The van der Waals surface area contributed by atoms with E-state index < -0.39 is 17.7 Å². The Bertz CT molecular complexity index is 541. The molecule has 0 aliphatic heterocycles. The van der Waals surface area contributed by atoms with Crippen molar-refractivity contribution >= 4 is 11.8 Å². The van der Waals surface area contributed by atoms with Crippen LogP contribution in [0.2, 0.25) is 0 Å². The lowest BCUT2D eigenvalue weighted by atomic mass is 9.87. The van der Waals surface area contributed by atoms with E-state index in [1.807, 2.05) is 12.2 Å². The second kappa shape index (κ2) is 13.7. The summed E-state index contributed by atoms with van der Waals surface area (Å²) >= 11 is 0. The number of unbranched alkanes of at least 4 members (excludes halogenated alkanes) is 6. The number of hydrogen-bond donors (Lipinski definition) is 3. The molecule has 0 aromatic carbocycles. The third kappa shape index (κ3) is 9.72. The van der Waals surface area contributed by atoms with Crippen molar-refractivity contribution in [3.63, 3.8) is 0 Å². The Morgan fingerprint density at radius 2 is 1.86 bits per heavy atom. The molecule has 0 bridgehead atoms. The highest BCUT2D eigenvalue weighted by molar-refractivity contribution is 5.85. The number of carboxylic acids is 1. The number of ketones is 1. The van der Waals surface area contributed by atoms with Crippen molar-refractivity contribution in [3.8, 4) is 0 Å². The minimum absolute atomic E-state index is 0.0646. The fraction of sp³-hybridized carbons (Fsp3) is 0.750. The molecule has 5 heteroatoms. The van der Waals surface area contributed by atoms with Crippen LogP contribution >= 0.6 is 0 Å². The van der Waals surface area contributed by atoms with Gasteiger partial charge < -0.3 is 15.3 Å². The van der Waals surface area contributed by atoms with Gasteiger partial charge in [0.1, 0.15) is 5.78 Å². The van der Waals surface area contributed by atoms with Crippen LogP contribution in [-0.2, 0) is 9.59 Å². The molecular weight excluding hydrogens is 368 g/mol. The molecule has 5 nitrogen and oxygen atoms in total. The normalized spacial score (nSPS) is 24.1. The quantitative estimate of drug-likeness (QED) is 0.252. The van der Waals surface area contributed by atoms with Crippen LogP contribution in [0.3, 0.4) is 0 Å². The fourth-order valence-electron chi connectivity index (χ4n) is 4.17. The van der Waals surface area contributed by atoms with E-state index >= 15 is 0 Å². The molecule has 1 saturated carbocycles. The highest BCUT2D eigenvalue weighted by Crippen LogP contribution is 2.35. The Kier molecular flexibility index (Phi) is 12.1. The number of aliphatic hydroxyl groups excluding tert-OH is 1. The van der Waals surface area contributed by atoms with Crippen LogP contribution in [0, 0.1) is 11.8 Å². The van der Waals surface area contributed by atoms with Gasteiger partial charge in [0.2, 0.25) is 0 Å². The number of allylic oxidation sites excluding steroid dienone is 1. The zero-order chi connectivity index (χ0) is 21.7. The predicted molar refractivity (Wildman–Crippen MR) is 116 cm³/mol. The number of carbonyl (C=O) groups excluding carboxylic acids is 1. The molecule has 1 fully saturated rings. The van der Waals surface area contributed by atoms with Crippen molar-refractivity contribution in [2.75, 3.05) is 0 Å². The molecule has 1 aliphatic rings. The Hall–Kier alpha value is -1.46. The standard InChI is InChI=1S/C24H40O5/c1-3-5-6-11-16-24(29,4-2)17-12-14-20-19(21(25)18-22(20)26)13-9-7-8-10-15-23(27)28/h4,12,14,19-21,25,29H,2-3,5-11,13,15-18H2,1H3,(H,27,28)/t19-,20-,21+,24?/m1/s1. The van der Waals surface area contributed by atoms with Gasteiger partial charge >= 0.3 is 5.97 Å². The van der Waals surface area contributed by atoms with Gasteiger partial charge in [-0.1, -0.05) is 70.1 Å². The van der Waals surface area contributed by atoms with Gasteiger partial charge in [-0.05, 0) is 31.6 Å². The summed E-state index contributed by atoms with van der Waals surface area (Å²) in [5.74, 6) is -1.08. The molecule has 1 unspecified atom stereocenters. The maximum absolute atomic E-state index is 12.3. The van der Waals surface area contributed by atoms with Crippen molar-refractivity contribution < 1.29 is 24.9 Å². The first-order valence-corrected chi connectivity index (χ1v) is 11.3. The summed E-state index contributed by atoms with van der Waals surface area (Å²) in [6.07, 6.45) is 14.7. The zero-order valence-corrected chi connectivity index (χ0v) is 18.0. The molecule has 166 valence electrons. The molecule has 0 aromatic rings. The number of aliphatic hydroxyl groups is 2. The minimum atomic E-state index is -0.940. The summed E-state index contributed by atoms with van der Waals surface area (Å²) in [5, 5.41) is 29.6. The average Bonchev–Trinajstić information content (AvgIpc) is 2.94. The lowest BCUT2D eigenvalue weighted by molar-refractivity contribution is -0.137. The van der Waals surface area contributed by atoms with Crippen LogP contribution in [0.4, 0.5) is 0 Å². The van der Waals surface area contributed by atoms with E-state index in [4.69, 9.17) is 5.11 Å². The molecule has 0 amide bonds. The third-order valence-corrected chi connectivity index (χ3v) is 6.07. The van der Waals surface area contributed by atoms with Gasteiger partial charge in [-0.2, -0.15) is 0 Å². The van der Waals surface area contributed by atoms with Gasteiger partial charge in [-0.3, -0.25) is 9.59 Å². The molecule has 0 heterocycles. The second-order valence-electron chi connectivity index (χ2n) is 8.52. The van der Waals surface area contributed by atoms with Gasteiger partial charge in [0.15, 0.2) is 0 Å². The molecule has 3 N–H and O–H groups in total. The molecule has 0 aromatic heterocycles. The summed E-state index contributed by atoms with van der Waals surface area (Å²) < 4.78 is 0.